The molecule has 5 heteroatoms. The topological polar surface area (TPSA) is 57.6 Å². The van der Waals surface area contributed by atoms with Crippen molar-refractivity contribution in [2.24, 2.45) is 0 Å². The van der Waals surface area contributed by atoms with E-state index < -0.39 is 0 Å². The lowest BCUT2D eigenvalue weighted by Crippen LogP contribution is -2.39. The summed E-state index contributed by atoms with van der Waals surface area (Å²) < 4.78 is 6.17. The first-order valence-corrected chi connectivity index (χ1v) is 11.4. The molecule has 29 heavy (non-hydrogen) atoms. The minimum absolute atomic E-state index is 0.149. The van der Waals surface area contributed by atoms with Gasteiger partial charge in [-0.3, -0.25) is 0 Å². The predicted molar refractivity (Wildman–Crippen MR) is 117 cm³/mol. The number of aromatic nitrogens is 1. The molecule has 1 aliphatic heterocycles. The highest BCUT2D eigenvalue weighted by Gasteiger charge is 2.29. The van der Waals surface area contributed by atoms with Crippen molar-refractivity contribution in [3.63, 3.8) is 0 Å². The maximum atomic E-state index is 9.62. The van der Waals surface area contributed by atoms with Crippen LogP contribution in [0.2, 0.25) is 0 Å². The summed E-state index contributed by atoms with van der Waals surface area (Å²) >= 11 is 0. The number of nitrogens with zero attached hydrogens (tertiary/aromatic N) is 2. The number of aryl methyl sites for hydroxylation is 2. The molecule has 156 valence electrons. The molecular weight excluding hydrogens is 362 g/mol. The molecule has 2 N–H and O–H groups in total. The maximum absolute atomic E-state index is 9.62. The van der Waals surface area contributed by atoms with Gasteiger partial charge >= 0.3 is 0 Å². The van der Waals surface area contributed by atoms with E-state index in [1.165, 1.54) is 54.4 Å². The first-order valence-electron chi connectivity index (χ1n) is 11.4. The van der Waals surface area contributed by atoms with Crippen molar-refractivity contribution < 1.29 is 9.84 Å². The van der Waals surface area contributed by atoms with Crippen LogP contribution in [0.3, 0.4) is 0 Å². The number of hydrogen-bond donors (Lipinski definition) is 2. The summed E-state index contributed by atoms with van der Waals surface area (Å²) in [4.78, 5) is 7.54. The van der Waals surface area contributed by atoms with Gasteiger partial charge < -0.3 is 20.1 Å². The molecule has 1 aromatic heterocycles. The molecule has 2 heterocycles. The molecule has 0 radical (unpaired) electrons. The highest BCUT2D eigenvalue weighted by Crippen LogP contribution is 2.37. The number of benzene rings is 1. The first-order chi connectivity index (χ1) is 14.2. The fraction of sp³-hybridized carbons (Fsp3) is 0.625. The van der Waals surface area contributed by atoms with Gasteiger partial charge in [0.15, 0.2) is 0 Å². The van der Waals surface area contributed by atoms with E-state index in [9.17, 15) is 5.11 Å². The Bertz CT molecular complexity index is 886. The summed E-state index contributed by atoms with van der Waals surface area (Å²) in [6.45, 7) is 6.55. The third-order valence-corrected chi connectivity index (χ3v) is 6.88. The Morgan fingerprint density at radius 1 is 1.14 bits per heavy atom. The molecule has 0 atom stereocenters. The number of nitrogens with one attached hydrogen (secondary N) is 1. The zero-order valence-electron chi connectivity index (χ0n) is 17.5. The molecule has 1 saturated heterocycles. The Morgan fingerprint density at radius 3 is 2.72 bits per heavy atom. The SMILES string of the molecule is Cc1cc2c3c(c(N[C@H]4C[C@H](O)C4)nc2cc1OCCCN1CCCC1)CCC3. The molecule has 3 aliphatic rings. The lowest BCUT2D eigenvalue weighted by molar-refractivity contribution is 0.0835. The van der Waals surface area contributed by atoms with Gasteiger partial charge in [-0.1, -0.05) is 0 Å². The number of fused-ring (bicyclic) bond motifs is 3. The maximum Gasteiger partial charge on any atom is 0.130 e. The number of ether oxygens (including phenoxy) is 1. The Morgan fingerprint density at radius 2 is 1.93 bits per heavy atom. The van der Waals surface area contributed by atoms with Gasteiger partial charge in [0, 0.05) is 24.0 Å². The minimum atomic E-state index is -0.149. The van der Waals surface area contributed by atoms with Crippen LogP contribution in [0.15, 0.2) is 12.1 Å². The molecule has 0 unspecified atom stereocenters. The van der Waals surface area contributed by atoms with Crippen LogP contribution < -0.4 is 10.1 Å². The van der Waals surface area contributed by atoms with E-state index in [4.69, 9.17) is 9.72 Å². The second kappa shape index (κ2) is 8.11. The minimum Gasteiger partial charge on any atom is -0.493 e. The molecular formula is C24H33N3O2. The monoisotopic (exact) mass is 395 g/mol. The van der Waals surface area contributed by atoms with Gasteiger partial charge in [0.25, 0.3) is 0 Å². The van der Waals surface area contributed by atoms with Gasteiger partial charge in [-0.05, 0) is 94.1 Å². The van der Waals surface area contributed by atoms with Gasteiger partial charge in [-0.2, -0.15) is 0 Å². The zero-order valence-corrected chi connectivity index (χ0v) is 17.5. The van der Waals surface area contributed by atoms with Crippen molar-refractivity contribution in [2.75, 3.05) is 31.6 Å². The van der Waals surface area contributed by atoms with Crippen molar-refractivity contribution in [3.8, 4) is 5.75 Å². The lowest BCUT2D eigenvalue weighted by Gasteiger charge is -2.33. The number of pyridine rings is 1. The average Bonchev–Trinajstić information content (AvgIpc) is 3.37. The van der Waals surface area contributed by atoms with Crippen LogP contribution >= 0.6 is 0 Å². The highest BCUT2D eigenvalue weighted by molar-refractivity contribution is 5.88. The molecule has 2 aromatic rings. The number of hydrogen-bond acceptors (Lipinski definition) is 5. The predicted octanol–water partition coefficient (Wildman–Crippen LogP) is 3.83. The Hall–Kier alpha value is -1.85. The molecule has 1 aromatic carbocycles. The van der Waals surface area contributed by atoms with E-state index in [-0.39, 0.29) is 6.10 Å². The first kappa shape index (κ1) is 19.1. The van der Waals surface area contributed by atoms with E-state index in [0.717, 1.165) is 62.3 Å². The van der Waals surface area contributed by atoms with E-state index >= 15 is 0 Å². The Labute approximate surface area is 173 Å². The summed E-state index contributed by atoms with van der Waals surface area (Å²) in [6, 6.07) is 4.77. The summed E-state index contributed by atoms with van der Waals surface area (Å²) in [5.74, 6) is 2.00. The van der Waals surface area contributed by atoms with Crippen molar-refractivity contribution in [1.82, 2.24) is 9.88 Å². The Kier molecular flexibility index (Phi) is 5.35. The second-order valence-electron chi connectivity index (χ2n) is 9.12. The average molecular weight is 396 g/mol. The summed E-state index contributed by atoms with van der Waals surface area (Å²) in [6.07, 6.45) is 8.70. The van der Waals surface area contributed by atoms with Gasteiger partial charge in [-0.15, -0.1) is 0 Å². The summed E-state index contributed by atoms with van der Waals surface area (Å²) in [5.41, 5.74) is 5.09. The number of aliphatic hydroxyl groups is 1. The Balaban J connectivity index is 1.34. The van der Waals surface area contributed by atoms with Gasteiger partial charge in [-0.25, -0.2) is 4.98 Å². The fourth-order valence-electron chi connectivity index (χ4n) is 5.15. The highest BCUT2D eigenvalue weighted by atomic mass is 16.5. The van der Waals surface area contributed by atoms with Gasteiger partial charge in [0.2, 0.25) is 0 Å². The molecule has 0 spiro atoms. The molecule has 2 fully saturated rings. The van der Waals surface area contributed by atoms with Gasteiger partial charge in [0.1, 0.15) is 11.6 Å². The van der Waals surface area contributed by atoms with Crippen LogP contribution in [-0.2, 0) is 12.8 Å². The molecule has 0 amide bonds. The summed E-state index contributed by atoms with van der Waals surface area (Å²) in [7, 11) is 0. The van der Waals surface area contributed by atoms with Gasteiger partial charge in [0.05, 0.1) is 18.2 Å². The lowest BCUT2D eigenvalue weighted by atomic mass is 9.89. The number of aliphatic hydroxyl groups excluding tert-OH is 1. The fourth-order valence-corrected chi connectivity index (χ4v) is 5.15. The van der Waals surface area contributed by atoms with Crippen molar-refractivity contribution in [2.45, 2.75) is 70.4 Å². The number of anilines is 1. The van der Waals surface area contributed by atoms with Crippen molar-refractivity contribution in [3.05, 3.63) is 28.8 Å². The van der Waals surface area contributed by atoms with Crippen LogP contribution in [0.1, 0.15) is 55.2 Å². The van der Waals surface area contributed by atoms with E-state index in [1.54, 1.807) is 0 Å². The van der Waals surface area contributed by atoms with Crippen LogP contribution in [0.4, 0.5) is 5.82 Å². The largest absolute Gasteiger partial charge is 0.493 e. The van der Waals surface area contributed by atoms with Crippen molar-refractivity contribution in [1.29, 1.82) is 0 Å². The molecule has 2 aliphatic carbocycles. The normalized spacial score (nSPS) is 23.9. The third-order valence-electron chi connectivity index (χ3n) is 6.88. The van der Waals surface area contributed by atoms with E-state index in [1.807, 2.05) is 0 Å². The molecule has 5 rings (SSSR count). The van der Waals surface area contributed by atoms with Crippen molar-refractivity contribution >= 4 is 16.7 Å². The zero-order chi connectivity index (χ0) is 19.8. The van der Waals surface area contributed by atoms with E-state index in [0.29, 0.717) is 6.04 Å². The van der Waals surface area contributed by atoms with Crippen LogP contribution in [0.5, 0.6) is 5.75 Å². The van der Waals surface area contributed by atoms with Crippen LogP contribution in [-0.4, -0.2) is 53.4 Å². The third kappa shape index (κ3) is 3.95. The number of rotatable bonds is 7. The molecule has 1 saturated carbocycles. The standard InChI is InChI=1S/C24H33N3O2/c1-16-12-21-19-6-4-7-20(19)24(25-17-13-18(28)14-17)26-22(21)15-23(16)29-11-5-10-27-8-2-3-9-27/h12,15,17-18,28H,2-11,13-14H2,1H3,(H,25,26)/t17-,18-. The smallest absolute Gasteiger partial charge is 0.130 e. The summed E-state index contributed by atoms with van der Waals surface area (Å²) in [5, 5.41) is 14.5. The molecule has 5 nitrogen and oxygen atoms in total. The quantitative estimate of drug-likeness (QED) is 0.698. The van der Waals surface area contributed by atoms with Crippen LogP contribution in [0.25, 0.3) is 10.9 Å². The second-order valence-corrected chi connectivity index (χ2v) is 9.12. The molecule has 0 bridgehead atoms. The van der Waals surface area contributed by atoms with E-state index in [2.05, 4.69) is 29.3 Å². The number of likely N-dealkylation sites (tertiary alicyclic amines) is 1. The van der Waals surface area contributed by atoms with Crippen LogP contribution in [0, 0.1) is 6.92 Å².